The van der Waals surface area contributed by atoms with Gasteiger partial charge in [0.2, 0.25) is 5.91 Å². The van der Waals surface area contributed by atoms with Crippen molar-refractivity contribution in [2.24, 2.45) is 23.5 Å². The van der Waals surface area contributed by atoms with Crippen molar-refractivity contribution < 1.29 is 9.53 Å². The lowest BCUT2D eigenvalue weighted by atomic mass is 9.79. The molecule has 4 nitrogen and oxygen atoms in total. The van der Waals surface area contributed by atoms with Gasteiger partial charge in [-0.3, -0.25) is 4.79 Å². The third kappa shape index (κ3) is 3.95. The molecule has 4 heteroatoms. The minimum Gasteiger partial charge on any atom is -0.381 e. The van der Waals surface area contributed by atoms with Gasteiger partial charge in [-0.25, -0.2) is 0 Å². The number of hydrogen-bond donors (Lipinski definition) is 2. The van der Waals surface area contributed by atoms with Crippen LogP contribution in [0.4, 0.5) is 0 Å². The highest BCUT2D eigenvalue weighted by Crippen LogP contribution is 2.28. The summed E-state index contributed by atoms with van der Waals surface area (Å²) in [7, 11) is 0. The van der Waals surface area contributed by atoms with E-state index in [1.807, 2.05) is 0 Å². The maximum atomic E-state index is 12.1. The molecule has 104 valence electrons. The van der Waals surface area contributed by atoms with Crippen molar-refractivity contribution in [2.75, 3.05) is 19.8 Å². The first-order valence-electron chi connectivity index (χ1n) is 7.26. The molecule has 3 atom stereocenters. The minimum atomic E-state index is 0.128. The lowest BCUT2D eigenvalue weighted by Crippen LogP contribution is -2.42. The Kier molecular flexibility index (Phi) is 5.01. The van der Waals surface area contributed by atoms with Crippen LogP contribution in [0.2, 0.25) is 0 Å². The zero-order valence-electron chi connectivity index (χ0n) is 11.4. The summed E-state index contributed by atoms with van der Waals surface area (Å²) in [5.74, 6) is 1.51. The molecule has 0 aromatic carbocycles. The van der Waals surface area contributed by atoms with Crippen LogP contribution in [0.1, 0.15) is 39.0 Å². The second-order valence-corrected chi connectivity index (χ2v) is 6.07. The van der Waals surface area contributed by atoms with Crippen LogP contribution < -0.4 is 11.1 Å². The Morgan fingerprint density at radius 3 is 2.67 bits per heavy atom. The predicted molar refractivity (Wildman–Crippen MR) is 71.0 cm³/mol. The Labute approximate surface area is 110 Å². The van der Waals surface area contributed by atoms with Crippen LogP contribution >= 0.6 is 0 Å². The fraction of sp³-hybridized carbons (Fsp3) is 0.929. The highest BCUT2D eigenvalue weighted by molar-refractivity contribution is 5.78. The van der Waals surface area contributed by atoms with Gasteiger partial charge in [0.25, 0.3) is 0 Å². The first-order chi connectivity index (χ1) is 8.65. The van der Waals surface area contributed by atoms with Crippen molar-refractivity contribution in [3.05, 3.63) is 0 Å². The number of rotatable bonds is 3. The summed E-state index contributed by atoms with van der Waals surface area (Å²) in [6.07, 6.45) is 5.04. The predicted octanol–water partition coefficient (Wildman–Crippen LogP) is 1.29. The molecule has 18 heavy (non-hydrogen) atoms. The molecule has 2 fully saturated rings. The Bertz CT molecular complexity index is 267. The van der Waals surface area contributed by atoms with E-state index in [2.05, 4.69) is 12.2 Å². The average Bonchev–Trinajstić information content (AvgIpc) is 2.36. The van der Waals surface area contributed by atoms with Crippen LogP contribution in [0.5, 0.6) is 0 Å². The topological polar surface area (TPSA) is 64.4 Å². The average molecular weight is 254 g/mol. The molecule has 1 saturated carbocycles. The van der Waals surface area contributed by atoms with Crippen LogP contribution in [0.3, 0.4) is 0 Å². The fourth-order valence-corrected chi connectivity index (χ4v) is 3.21. The summed E-state index contributed by atoms with van der Waals surface area (Å²) in [5.41, 5.74) is 6.00. The monoisotopic (exact) mass is 254 g/mol. The van der Waals surface area contributed by atoms with E-state index in [1.165, 1.54) is 0 Å². The SMILES string of the molecule is CC1CC(N)CC(C(=O)NCC2CCOCC2)C1. The summed E-state index contributed by atoms with van der Waals surface area (Å²) in [6, 6.07) is 0.201. The summed E-state index contributed by atoms with van der Waals surface area (Å²) in [5, 5.41) is 3.11. The molecule has 0 aromatic heterocycles. The molecule has 2 rings (SSSR count). The Morgan fingerprint density at radius 1 is 1.28 bits per heavy atom. The van der Waals surface area contributed by atoms with Gasteiger partial charge in [0, 0.05) is 31.7 Å². The number of ether oxygens (including phenoxy) is 1. The quantitative estimate of drug-likeness (QED) is 0.797. The van der Waals surface area contributed by atoms with Gasteiger partial charge in [0.05, 0.1) is 0 Å². The van der Waals surface area contributed by atoms with Crippen LogP contribution in [0.15, 0.2) is 0 Å². The Balaban J connectivity index is 1.73. The number of nitrogens with one attached hydrogen (secondary N) is 1. The largest absolute Gasteiger partial charge is 0.381 e. The van der Waals surface area contributed by atoms with Crippen molar-refractivity contribution >= 4 is 5.91 Å². The maximum Gasteiger partial charge on any atom is 0.223 e. The molecular weight excluding hydrogens is 228 g/mol. The summed E-state index contributed by atoms with van der Waals surface area (Å²) >= 11 is 0. The van der Waals surface area contributed by atoms with E-state index in [1.54, 1.807) is 0 Å². The molecule has 1 aliphatic heterocycles. The summed E-state index contributed by atoms with van der Waals surface area (Å²) in [6.45, 7) is 4.68. The molecule has 3 unspecified atom stereocenters. The Hall–Kier alpha value is -0.610. The van der Waals surface area contributed by atoms with Crippen LogP contribution in [0.25, 0.3) is 0 Å². The van der Waals surface area contributed by atoms with E-state index in [-0.39, 0.29) is 17.9 Å². The van der Waals surface area contributed by atoms with Crippen molar-refractivity contribution in [3.63, 3.8) is 0 Å². The first-order valence-corrected chi connectivity index (χ1v) is 7.26. The second-order valence-electron chi connectivity index (χ2n) is 6.07. The molecule has 3 N–H and O–H groups in total. The van der Waals surface area contributed by atoms with E-state index in [0.29, 0.717) is 11.8 Å². The van der Waals surface area contributed by atoms with Crippen LogP contribution in [0, 0.1) is 17.8 Å². The highest BCUT2D eigenvalue weighted by atomic mass is 16.5. The van der Waals surface area contributed by atoms with Gasteiger partial charge in [0.15, 0.2) is 0 Å². The van der Waals surface area contributed by atoms with Crippen molar-refractivity contribution in [1.29, 1.82) is 0 Å². The van der Waals surface area contributed by atoms with Crippen molar-refractivity contribution in [3.8, 4) is 0 Å². The molecule has 0 bridgehead atoms. The lowest BCUT2D eigenvalue weighted by molar-refractivity contribution is -0.127. The zero-order chi connectivity index (χ0) is 13.0. The van der Waals surface area contributed by atoms with Crippen molar-refractivity contribution in [2.45, 2.75) is 45.1 Å². The van der Waals surface area contributed by atoms with E-state index < -0.39 is 0 Å². The van der Waals surface area contributed by atoms with Gasteiger partial charge >= 0.3 is 0 Å². The number of nitrogens with two attached hydrogens (primary N) is 1. The molecule has 2 aliphatic rings. The number of carbonyl (C=O) groups excluding carboxylic acids is 1. The molecule has 1 saturated heterocycles. The number of hydrogen-bond acceptors (Lipinski definition) is 3. The third-order valence-corrected chi connectivity index (χ3v) is 4.26. The molecule has 1 aliphatic carbocycles. The van der Waals surface area contributed by atoms with Gasteiger partial charge in [-0.2, -0.15) is 0 Å². The van der Waals surface area contributed by atoms with Crippen LogP contribution in [-0.4, -0.2) is 31.7 Å². The summed E-state index contributed by atoms with van der Waals surface area (Å²) < 4.78 is 5.32. The molecule has 1 amide bonds. The van der Waals surface area contributed by atoms with Crippen molar-refractivity contribution in [1.82, 2.24) is 5.32 Å². The molecule has 0 radical (unpaired) electrons. The van der Waals surface area contributed by atoms with Gasteiger partial charge in [-0.1, -0.05) is 6.92 Å². The van der Waals surface area contributed by atoms with Gasteiger partial charge in [0.1, 0.15) is 0 Å². The van der Waals surface area contributed by atoms with Crippen LogP contribution in [-0.2, 0) is 9.53 Å². The fourth-order valence-electron chi connectivity index (χ4n) is 3.21. The molecule has 0 spiro atoms. The van der Waals surface area contributed by atoms with E-state index in [9.17, 15) is 4.79 Å². The molecular formula is C14H26N2O2. The lowest BCUT2D eigenvalue weighted by Gasteiger charge is -2.31. The zero-order valence-corrected chi connectivity index (χ0v) is 11.4. The Morgan fingerprint density at radius 2 is 2.00 bits per heavy atom. The minimum absolute atomic E-state index is 0.128. The first kappa shape index (κ1) is 13.8. The van der Waals surface area contributed by atoms with Gasteiger partial charge in [-0.05, 0) is 43.9 Å². The van der Waals surface area contributed by atoms with E-state index in [0.717, 1.165) is 51.9 Å². The number of carbonyl (C=O) groups is 1. The van der Waals surface area contributed by atoms with Gasteiger partial charge in [-0.15, -0.1) is 0 Å². The second kappa shape index (κ2) is 6.53. The van der Waals surface area contributed by atoms with E-state index >= 15 is 0 Å². The van der Waals surface area contributed by atoms with Gasteiger partial charge < -0.3 is 15.8 Å². The van der Waals surface area contributed by atoms with E-state index in [4.69, 9.17) is 10.5 Å². The third-order valence-electron chi connectivity index (χ3n) is 4.26. The smallest absolute Gasteiger partial charge is 0.223 e. The highest BCUT2D eigenvalue weighted by Gasteiger charge is 2.29. The number of amides is 1. The standard InChI is InChI=1S/C14H26N2O2/c1-10-6-12(8-13(15)7-10)14(17)16-9-11-2-4-18-5-3-11/h10-13H,2-9,15H2,1H3,(H,16,17). The summed E-state index contributed by atoms with van der Waals surface area (Å²) in [4.78, 5) is 12.1. The molecule has 0 aromatic rings. The molecule has 1 heterocycles. The normalized spacial score (nSPS) is 34.2. The maximum absolute atomic E-state index is 12.1.